The van der Waals surface area contributed by atoms with E-state index in [2.05, 4.69) is 9.80 Å². The van der Waals surface area contributed by atoms with E-state index in [0.717, 1.165) is 26.2 Å². The second-order valence-corrected chi connectivity index (χ2v) is 7.79. The summed E-state index contributed by atoms with van der Waals surface area (Å²) in [5.74, 6) is 0. The van der Waals surface area contributed by atoms with E-state index in [1.54, 1.807) is 24.3 Å². The number of benzene rings is 1. The highest BCUT2D eigenvalue weighted by Gasteiger charge is 2.29. The minimum Gasteiger partial charge on any atom is -0.308 e. The van der Waals surface area contributed by atoms with Crippen molar-refractivity contribution in [3.05, 3.63) is 29.3 Å². The van der Waals surface area contributed by atoms with Crippen LogP contribution in [0.4, 0.5) is 0 Å². The molecular weight excluding hydrogens is 310 g/mol. The summed E-state index contributed by atoms with van der Waals surface area (Å²) in [7, 11) is 0.596. The fraction of sp³-hybridized carbons (Fsp3) is 0.571. The van der Waals surface area contributed by atoms with Crippen molar-refractivity contribution in [1.82, 2.24) is 14.1 Å². The predicted molar refractivity (Wildman–Crippen MR) is 85.2 cm³/mol. The van der Waals surface area contributed by atoms with Gasteiger partial charge in [-0.05, 0) is 26.2 Å². The van der Waals surface area contributed by atoms with E-state index in [1.165, 1.54) is 4.31 Å². The Bertz CT molecular complexity index is 569. The molecule has 7 heteroatoms. The lowest BCUT2D eigenvalue weighted by molar-refractivity contribution is 0.174. The van der Waals surface area contributed by atoms with Crippen LogP contribution in [-0.4, -0.2) is 75.9 Å². The summed E-state index contributed by atoms with van der Waals surface area (Å²) in [5.41, 5.74) is 0. The van der Waals surface area contributed by atoms with Crippen LogP contribution in [0.2, 0.25) is 5.02 Å². The van der Waals surface area contributed by atoms with Gasteiger partial charge in [0.2, 0.25) is 10.0 Å². The van der Waals surface area contributed by atoms with Crippen molar-refractivity contribution in [2.24, 2.45) is 0 Å². The number of rotatable bonds is 5. The van der Waals surface area contributed by atoms with Gasteiger partial charge in [0.05, 0.1) is 5.02 Å². The van der Waals surface area contributed by atoms with Crippen LogP contribution in [0.5, 0.6) is 0 Å². The number of nitrogens with zero attached hydrogens (tertiary/aromatic N) is 3. The summed E-state index contributed by atoms with van der Waals surface area (Å²) in [4.78, 5) is 4.62. The molecule has 5 nitrogen and oxygen atoms in total. The van der Waals surface area contributed by atoms with Crippen molar-refractivity contribution in [1.29, 1.82) is 0 Å². The van der Waals surface area contributed by atoms with E-state index in [9.17, 15) is 8.42 Å². The van der Waals surface area contributed by atoms with Crippen molar-refractivity contribution < 1.29 is 8.42 Å². The molecule has 0 amide bonds. The molecule has 21 heavy (non-hydrogen) atoms. The molecular formula is C14H22ClN3O2S. The largest absolute Gasteiger partial charge is 0.308 e. The molecule has 0 bridgehead atoms. The Hall–Kier alpha value is -0.660. The summed E-state index contributed by atoms with van der Waals surface area (Å²) in [5, 5.41) is 0.285. The Morgan fingerprint density at radius 3 is 2.33 bits per heavy atom. The third-order valence-corrected chi connectivity index (χ3v) is 6.05. The average Bonchev–Trinajstić information content (AvgIpc) is 2.46. The van der Waals surface area contributed by atoms with Crippen molar-refractivity contribution >= 4 is 21.6 Å². The van der Waals surface area contributed by atoms with Crippen LogP contribution in [-0.2, 0) is 10.0 Å². The van der Waals surface area contributed by atoms with Crippen LogP contribution < -0.4 is 0 Å². The third-order valence-electron chi connectivity index (χ3n) is 3.65. The second-order valence-electron chi connectivity index (χ2n) is 5.48. The third kappa shape index (κ3) is 4.17. The lowest BCUT2D eigenvalue weighted by Crippen LogP contribution is -2.49. The van der Waals surface area contributed by atoms with Crippen LogP contribution in [0.25, 0.3) is 0 Å². The Balaban J connectivity index is 2.00. The summed E-state index contributed by atoms with van der Waals surface area (Å²) in [6, 6.07) is 6.62. The normalized spacial score (nSPS) is 18.3. The number of hydrogen-bond donors (Lipinski definition) is 0. The highest BCUT2D eigenvalue weighted by atomic mass is 35.5. The van der Waals surface area contributed by atoms with Gasteiger partial charge in [-0.1, -0.05) is 23.7 Å². The van der Waals surface area contributed by atoms with Crippen LogP contribution in [0, 0.1) is 0 Å². The molecule has 0 atom stereocenters. The maximum Gasteiger partial charge on any atom is 0.244 e. The number of halogens is 1. The van der Waals surface area contributed by atoms with Gasteiger partial charge in [-0.25, -0.2) is 8.42 Å². The molecule has 0 radical (unpaired) electrons. The van der Waals surface area contributed by atoms with Gasteiger partial charge in [0.1, 0.15) is 4.90 Å². The maximum absolute atomic E-state index is 12.6. The fourth-order valence-corrected chi connectivity index (χ4v) is 4.24. The monoisotopic (exact) mass is 331 g/mol. The first-order valence-corrected chi connectivity index (χ1v) is 8.85. The first-order valence-electron chi connectivity index (χ1n) is 7.03. The Morgan fingerprint density at radius 1 is 1.14 bits per heavy atom. The zero-order chi connectivity index (χ0) is 15.5. The maximum atomic E-state index is 12.6. The van der Waals surface area contributed by atoms with Crippen LogP contribution in [0.1, 0.15) is 0 Å². The number of hydrogen-bond acceptors (Lipinski definition) is 4. The fourth-order valence-electron chi connectivity index (χ4n) is 2.33. The topological polar surface area (TPSA) is 43.9 Å². The number of likely N-dealkylation sites (N-methyl/N-ethyl adjacent to an activating group) is 1. The molecule has 1 saturated heterocycles. The molecule has 0 aliphatic carbocycles. The highest BCUT2D eigenvalue weighted by Crippen LogP contribution is 2.24. The Labute approximate surface area is 132 Å². The lowest BCUT2D eigenvalue weighted by Gasteiger charge is -2.34. The second kappa shape index (κ2) is 7.07. The lowest BCUT2D eigenvalue weighted by atomic mass is 10.3. The molecule has 1 aromatic rings. The Morgan fingerprint density at radius 2 is 1.76 bits per heavy atom. The number of sulfonamides is 1. The Kier molecular flexibility index (Phi) is 5.62. The minimum atomic E-state index is -3.48. The van der Waals surface area contributed by atoms with Crippen LogP contribution in [0.15, 0.2) is 29.2 Å². The van der Waals surface area contributed by atoms with Crippen molar-refractivity contribution in [3.63, 3.8) is 0 Å². The quantitative estimate of drug-likeness (QED) is 0.813. The molecule has 0 spiro atoms. The molecule has 0 saturated carbocycles. The van der Waals surface area contributed by atoms with Gasteiger partial charge in [0, 0.05) is 39.3 Å². The first kappa shape index (κ1) is 16.7. The molecule has 1 aliphatic heterocycles. The standard InChI is InChI=1S/C14H22ClN3O2S/c1-16(2)7-8-17-9-11-18(12-10-17)21(19,20)14-6-4-3-5-13(14)15/h3-6H,7-12H2,1-2H3. The summed E-state index contributed by atoms with van der Waals surface area (Å²) < 4.78 is 26.7. The van der Waals surface area contributed by atoms with E-state index in [4.69, 9.17) is 11.6 Å². The van der Waals surface area contributed by atoms with Crippen molar-refractivity contribution in [2.45, 2.75) is 4.90 Å². The summed E-state index contributed by atoms with van der Waals surface area (Å²) in [6.45, 7) is 4.50. The van der Waals surface area contributed by atoms with Crippen molar-refractivity contribution in [3.8, 4) is 0 Å². The van der Waals surface area contributed by atoms with Gasteiger partial charge in [0.15, 0.2) is 0 Å². The van der Waals surface area contributed by atoms with E-state index >= 15 is 0 Å². The highest BCUT2D eigenvalue weighted by molar-refractivity contribution is 7.89. The summed E-state index contributed by atoms with van der Waals surface area (Å²) >= 11 is 6.02. The zero-order valence-corrected chi connectivity index (χ0v) is 14.1. The van der Waals surface area contributed by atoms with E-state index in [-0.39, 0.29) is 9.92 Å². The predicted octanol–water partition coefficient (Wildman–Crippen LogP) is 1.21. The SMILES string of the molecule is CN(C)CCN1CCN(S(=O)(=O)c2ccccc2Cl)CC1. The minimum absolute atomic E-state index is 0.202. The molecule has 1 fully saturated rings. The van der Waals surface area contributed by atoms with Crippen LogP contribution >= 0.6 is 11.6 Å². The van der Waals surface area contributed by atoms with Gasteiger partial charge in [0.25, 0.3) is 0 Å². The van der Waals surface area contributed by atoms with E-state index in [0.29, 0.717) is 13.1 Å². The van der Waals surface area contributed by atoms with Gasteiger partial charge in [-0.2, -0.15) is 4.31 Å². The van der Waals surface area contributed by atoms with E-state index < -0.39 is 10.0 Å². The smallest absolute Gasteiger partial charge is 0.244 e. The molecule has 1 heterocycles. The molecule has 118 valence electrons. The van der Waals surface area contributed by atoms with Crippen LogP contribution in [0.3, 0.4) is 0 Å². The molecule has 0 N–H and O–H groups in total. The molecule has 2 rings (SSSR count). The number of piperazine rings is 1. The summed E-state index contributed by atoms with van der Waals surface area (Å²) in [6.07, 6.45) is 0. The first-order chi connectivity index (χ1) is 9.91. The molecule has 0 unspecified atom stereocenters. The van der Waals surface area contributed by atoms with Crippen molar-refractivity contribution in [2.75, 3.05) is 53.4 Å². The van der Waals surface area contributed by atoms with Gasteiger partial charge in [-0.15, -0.1) is 0 Å². The zero-order valence-electron chi connectivity index (χ0n) is 12.5. The average molecular weight is 332 g/mol. The van der Waals surface area contributed by atoms with Gasteiger partial charge in [-0.3, -0.25) is 4.90 Å². The molecule has 0 aromatic heterocycles. The van der Waals surface area contributed by atoms with Gasteiger partial charge < -0.3 is 4.90 Å². The van der Waals surface area contributed by atoms with E-state index in [1.807, 2.05) is 14.1 Å². The molecule has 1 aromatic carbocycles. The van der Waals surface area contributed by atoms with Gasteiger partial charge >= 0.3 is 0 Å². The molecule has 1 aliphatic rings.